The standard InChI is InChI=1S/C17H16O2S/c1-12-5-3-4-6-17(12)20-13(2)7-8-14-9-10-15(18)16(19)11-14/h3-11,18-19H,2H2,1H3/b8-7+. The summed E-state index contributed by atoms with van der Waals surface area (Å²) in [4.78, 5) is 2.09. The van der Waals surface area contributed by atoms with E-state index in [1.54, 1.807) is 17.8 Å². The third-order valence-electron chi connectivity index (χ3n) is 2.80. The van der Waals surface area contributed by atoms with Gasteiger partial charge in [-0.15, -0.1) is 0 Å². The average molecular weight is 284 g/mol. The molecule has 2 aromatic rings. The first-order valence-electron chi connectivity index (χ1n) is 6.19. The molecule has 0 saturated heterocycles. The number of allylic oxidation sites excluding steroid dienone is 1. The lowest BCUT2D eigenvalue weighted by Gasteiger charge is -2.04. The predicted octanol–water partition coefficient (Wildman–Crippen LogP) is 4.73. The highest BCUT2D eigenvalue weighted by Gasteiger charge is 2.00. The Kier molecular flexibility index (Phi) is 4.53. The van der Waals surface area contributed by atoms with Crippen molar-refractivity contribution in [2.75, 3.05) is 0 Å². The maximum absolute atomic E-state index is 9.43. The zero-order chi connectivity index (χ0) is 14.5. The summed E-state index contributed by atoms with van der Waals surface area (Å²) in [5.41, 5.74) is 2.03. The molecule has 20 heavy (non-hydrogen) atoms. The van der Waals surface area contributed by atoms with Crippen LogP contribution in [0.3, 0.4) is 0 Å². The van der Waals surface area contributed by atoms with Crippen LogP contribution in [-0.4, -0.2) is 10.2 Å². The molecular formula is C17H16O2S. The number of aryl methyl sites for hydroxylation is 1. The van der Waals surface area contributed by atoms with Gasteiger partial charge in [-0.2, -0.15) is 0 Å². The second-order valence-electron chi connectivity index (χ2n) is 4.42. The summed E-state index contributed by atoms with van der Waals surface area (Å²) >= 11 is 1.60. The molecule has 0 atom stereocenters. The second-order valence-corrected chi connectivity index (χ2v) is 5.58. The highest BCUT2D eigenvalue weighted by molar-refractivity contribution is 8.03. The van der Waals surface area contributed by atoms with Crippen LogP contribution in [0.5, 0.6) is 11.5 Å². The first kappa shape index (κ1) is 14.3. The fourth-order valence-corrected chi connectivity index (χ4v) is 2.47. The van der Waals surface area contributed by atoms with Crippen LogP contribution in [-0.2, 0) is 0 Å². The Balaban J connectivity index is 2.06. The summed E-state index contributed by atoms with van der Waals surface area (Å²) in [5, 5.41) is 18.7. The van der Waals surface area contributed by atoms with Crippen molar-refractivity contribution in [3.63, 3.8) is 0 Å². The van der Waals surface area contributed by atoms with Crippen LogP contribution in [0, 0.1) is 6.92 Å². The summed E-state index contributed by atoms with van der Waals surface area (Å²) < 4.78 is 0. The van der Waals surface area contributed by atoms with Gasteiger partial charge in [-0.25, -0.2) is 0 Å². The molecule has 2 nitrogen and oxygen atoms in total. The van der Waals surface area contributed by atoms with Gasteiger partial charge in [-0.3, -0.25) is 0 Å². The molecule has 3 heteroatoms. The van der Waals surface area contributed by atoms with Crippen LogP contribution >= 0.6 is 11.8 Å². The normalized spacial score (nSPS) is 10.8. The van der Waals surface area contributed by atoms with Crippen LogP contribution in [0.15, 0.2) is 64.9 Å². The van der Waals surface area contributed by atoms with Crippen LogP contribution in [0.2, 0.25) is 0 Å². The Morgan fingerprint density at radius 3 is 2.55 bits per heavy atom. The van der Waals surface area contributed by atoms with E-state index < -0.39 is 0 Å². The molecule has 2 N–H and O–H groups in total. The van der Waals surface area contributed by atoms with E-state index >= 15 is 0 Å². The van der Waals surface area contributed by atoms with Crippen molar-refractivity contribution in [1.82, 2.24) is 0 Å². The number of hydrogen-bond donors (Lipinski definition) is 2. The van der Waals surface area contributed by atoms with Crippen LogP contribution in [0.4, 0.5) is 0 Å². The topological polar surface area (TPSA) is 40.5 Å². The molecule has 2 rings (SSSR count). The molecule has 0 bridgehead atoms. The van der Waals surface area contributed by atoms with Gasteiger partial charge in [0.2, 0.25) is 0 Å². The van der Waals surface area contributed by atoms with Gasteiger partial charge in [0.25, 0.3) is 0 Å². The molecule has 0 aliphatic carbocycles. The SMILES string of the molecule is C=C(/C=C/c1ccc(O)c(O)c1)Sc1ccccc1C. The molecule has 0 heterocycles. The van der Waals surface area contributed by atoms with Crippen LogP contribution < -0.4 is 0 Å². The average Bonchev–Trinajstić information content (AvgIpc) is 2.43. The van der Waals surface area contributed by atoms with E-state index in [2.05, 4.69) is 25.6 Å². The summed E-state index contributed by atoms with van der Waals surface area (Å²) in [6, 6.07) is 12.9. The Labute approximate surface area is 123 Å². The first-order valence-corrected chi connectivity index (χ1v) is 7.00. The van der Waals surface area contributed by atoms with E-state index in [1.807, 2.05) is 24.3 Å². The predicted molar refractivity (Wildman–Crippen MR) is 85.0 cm³/mol. The van der Waals surface area contributed by atoms with Crippen molar-refractivity contribution in [3.8, 4) is 11.5 Å². The first-order chi connectivity index (χ1) is 9.56. The molecule has 0 amide bonds. The van der Waals surface area contributed by atoms with Crippen molar-refractivity contribution in [3.05, 3.63) is 71.2 Å². The van der Waals surface area contributed by atoms with Gasteiger partial charge in [0.05, 0.1) is 0 Å². The van der Waals surface area contributed by atoms with E-state index in [0.717, 1.165) is 10.5 Å². The number of aromatic hydroxyl groups is 2. The van der Waals surface area contributed by atoms with Crippen LogP contribution in [0.1, 0.15) is 11.1 Å². The number of rotatable bonds is 4. The van der Waals surface area contributed by atoms with Gasteiger partial charge in [-0.05, 0) is 42.3 Å². The second kappa shape index (κ2) is 6.35. The maximum atomic E-state index is 9.43. The van der Waals surface area contributed by atoms with Gasteiger partial charge in [0.15, 0.2) is 11.5 Å². The fourth-order valence-electron chi connectivity index (χ4n) is 1.68. The fraction of sp³-hybridized carbons (Fsp3) is 0.0588. The smallest absolute Gasteiger partial charge is 0.157 e. The Bertz CT molecular complexity index is 660. The molecule has 0 spiro atoms. The van der Waals surface area contributed by atoms with Gasteiger partial charge >= 0.3 is 0 Å². The van der Waals surface area contributed by atoms with E-state index in [-0.39, 0.29) is 11.5 Å². The largest absolute Gasteiger partial charge is 0.504 e. The summed E-state index contributed by atoms with van der Waals surface area (Å²) in [7, 11) is 0. The number of phenols is 2. The van der Waals surface area contributed by atoms with Crippen LogP contribution in [0.25, 0.3) is 6.08 Å². The minimum absolute atomic E-state index is 0.115. The molecule has 0 aliphatic rings. The van der Waals surface area contributed by atoms with Crippen molar-refractivity contribution in [1.29, 1.82) is 0 Å². The number of hydrogen-bond acceptors (Lipinski definition) is 3. The lowest BCUT2D eigenvalue weighted by molar-refractivity contribution is 0.403. The monoisotopic (exact) mass is 284 g/mol. The minimum Gasteiger partial charge on any atom is -0.504 e. The Morgan fingerprint density at radius 2 is 1.85 bits per heavy atom. The van der Waals surface area contributed by atoms with Crippen molar-refractivity contribution < 1.29 is 10.2 Å². The molecule has 0 radical (unpaired) electrons. The zero-order valence-electron chi connectivity index (χ0n) is 11.2. The number of thioether (sulfide) groups is 1. The third-order valence-corrected chi connectivity index (χ3v) is 3.87. The quantitative estimate of drug-likeness (QED) is 0.484. The molecule has 0 saturated carbocycles. The summed E-state index contributed by atoms with van der Waals surface area (Å²) in [6.45, 7) is 6.08. The van der Waals surface area contributed by atoms with E-state index in [4.69, 9.17) is 0 Å². The van der Waals surface area contributed by atoms with Crippen molar-refractivity contribution in [2.24, 2.45) is 0 Å². The minimum atomic E-state index is -0.121. The van der Waals surface area contributed by atoms with E-state index in [9.17, 15) is 10.2 Å². The van der Waals surface area contributed by atoms with Gasteiger partial charge in [0.1, 0.15) is 0 Å². The Morgan fingerprint density at radius 1 is 1.10 bits per heavy atom. The third kappa shape index (κ3) is 3.68. The molecular weight excluding hydrogens is 268 g/mol. The lowest BCUT2D eigenvalue weighted by atomic mass is 10.2. The van der Waals surface area contributed by atoms with Gasteiger partial charge in [-0.1, -0.05) is 48.7 Å². The molecule has 0 unspecified atom stereocenters. The zero-order valence-corrected chi connectivity index (χ0v) is 12.0. The van der Waals surface area contributed by atoms with Crippen molar-refractivity contribution in [2.45, 2.75) is 11.8 Å². The maximum Gasteiger partial charge on any atom is 0.157 e. The number of phenolic OH excluding ortho intramolecular Hbond substituents is 2. The summed E-state index contributed by atoms with van der Waals surface area (Å²) in [6.07, 6.45) is 3.75. The molecule has 0 aliphatic heterocycles. The number of benzene rings is 2. The molecule has 0 aromatic heterocycles. The Hall–Kier alpha value is -2.13. The summed E-state index contributed by atoms with van der Waals surface area (Å²) in [5.74, 6) is -0.236. The van der Waals surface area contributed by atoms with E-state index in [0.29, 0.717) is 0 Å². The van der Waals surface area contributed by atoms with E-state index in [1.165, 1.54) is 22.6 Å². The highest BCUT2D eigenvalue weighted by Crippen LogP contribution is 2.30. The molecule has 102 valence electrons. The molecule has 0 fully saturated rings. The van der Waals surface area contributed by atoms with Gasteiger partial charge < -0.3 is 10.2 Å². The van der Waals surface area contributed by atoms with Crippen molar-refractivity contribution >= 4 is 17.8 Å². The lowest BCUT2D eigenvalue weighted by Crippen LogP contribution is -1.78. The van der Waals surface area contributed by atoms with Gasteiger partial charge in [0, 0.05) is 9.80 Å². The highest BCUT2D eigenvalue weighted by atomic mass is 32.2. The molecule has 2 aromatic carbocycles.